The van der Waals surface area contributed by atoms with Crippen molar-refractivity contribution in [3.8, 4) is 11.3 Å². The number of hydrogen-bond donors (Lipinski definition) is 1. The lowest BCUT2D eigenvalue weighted by Crippen LogP contribution is -2.07. The van der Waals surface area contributed by atoms with Gasteiger partial charge in [0.15, 0.2) is 0 Å². The van der Waals surface area contributed by atoms with E-state index in [0.29, 0.717) is 6.54 Å². The second kappa shape index (κ2) is 9.37. The van der Waals surface area contributed by atoms with E-state index in [4.69, 9.17) is 9.52 Å². The number of benzene rings is 2. The largest absolute Gasteiger partial charge is 1.00 e. The maximum atomic E-state index is 9.75. The second-order valence-electron chi connectivity index (χ2n) is 5.65. The third kappa shape index (κ3) is 6.56. The molecule has 1 heterocycles. The summed E-state index contributed by atoms with van der Waals surface area (Å²) < 4.78 is 45.0. The summed E-state index contributed by atoms with van der Waals surface area (Å²) >= 11 is 0. The number of aliphatic hydroxyl groups excluding tert-OH is 1. The van der Waals surface area contributed by atoms with Crippen LogP contribution in [0.4, 0.5) is 17.3 Å². The Hall–Kier alpha value is -2.61. The van der Waals surface area contributed by atoms with Gasteiger partial charge in [0.1, 0.15) is 11.3 Å². The molecule has 0 radical (unpaired) electrons. The molecule has 2 aromatic carbocycles. The van der Waals surface area contributed by atoms with Crippen LogP contribution in [0.1, 0.15) is 13.9 Å². The van der Waals surface area contributed by atoms with Gasteiger partial charge in [0, 0.05) is 17.0 Å². The molecule has 0 aliphatic rings. The van der Waals surface area contributed by atoms with Gasteiger partial charge < -0.3 is 26.8 Å². The van der Waals surface area contributed by atoms with E-state index in [1.54, 1.807) is 0 Å². The van der Waals surface area contributed by atoms with Crippen LogP contribution in [-0.2, 0) is 6.42 Å². The summed E-state index contributed by atoms with van der Waals surface area (Å²) in [6.45, 7) is 2.56. The highest BCUT2D eigenvalue weighted by molar-refractivity contribution is 6.50. The van der Waals surface area contributed by atoms with Crippen LogP contribution in [-0.4, -0.2) is 25.5 Å². The van der Waals surface area contributed by atoms with Crippen LogP contribution in [0.25, 0.3) is 22.3 Å². The fourth-order valence-electron chi connectivity index (χ4n) is 2.48. The van der Waals surface area contributed by atoms with E-state index in [1.807, 2.05) is 42.5 Å². The van der Waals surface area contributed by atoms with Crippen molar-refractivity contribution in [3.05, 3.63) is 65.5 Å². The first-order chi connectivity index (χ1) is 12.8. The normalized spacial score (nSPS) is 12.0. The van der Waals surface area contributed by atoms with Gasteiger partial charge in [0.05, 0.1) is 18.5 Å². The van der Waals surface area contributed by atoms with E-state index in [0.717, 1.165) is 34.1 Å². The summed E-state index contributed by atoms with van der Waals surface area (Å²) in [5.74, 6) is 0.786. The summed E-state index contributed by atoms with van der Waals surface area (Å²) in [6, 6.07) is 18.1. The highest BCUT2D eigenvalue weighted by Crippen LogP contribution is 2.22. The quantitative estimate of drug-likeness (QED) is 0.513. The van der Waals surface area contributed by atoms with Gasteiger partial charge in [0.2, 0.25) is 0 Å². The Morgan fingerprint density at radius 3 is 2.30 bits per heavy atom. The van der Waals surface area contributed by atoms with Gasteiger partial charge >= 0.3 is 8.68 Å². The minimum absolute atomic E-state index is 0. The van der Waals surface area contributed by atoms with E-state index in [-0.39, 0.29) is 8.03 Å². The number of fused-ring (bicyclic) bond motifs is 1. The molecule has 0 spiro atoms. The molecule has 1 aromatic heterocycles. The predicted molar refractivity (Wildman–Crippen MR) is 99.8 cm³/mol. The van der Waals surface area contributed by atoms with Crippen LogP contribution in [0.5, 0.6) is 0 Å². The molecule has 0 unspecified atom stereocenters. The molecule has 0 saturated heterocycles. The summed E-state index contributed by atoms with van der Waals surface area (Å²) in [5.41, 5.74) is 3.08. The molecule has 1 N–H and O–H groups in total. The zero-order valence-electron chi connectivity index (χ0n) is 15.7. The maximum Gasteiger partial charge on any atom is 1.00 e. The monoisotopic (exact) mass is 381 g/mol. The summed E-state index contributed by atoms with van der Waals surface area (Å²) in [4.78, 5) is 4.50. The SMILES string of the molecule is CCc1ccc2oc(-c3ccccc3)cc(=NCCO)c2c1.F[B-](F)(F)F.[H+]. The van der Waals surface area contributed by atoms with E-state index < -0.39 is 7.25 Å². The van der Waals surface area contributed by atoms with E-state index in [2.05, 4.69) is 24.0 Å². The smallest absolute Gasteiger partial charge is 0.456 e. The zero-order valence-corrected chi connectivity index (χ0v) is 14.7. The highest BCUT2D eigenvalue weighted by atomic mass is 19.5. The number of aliphatic hydroxyl groups is 1. The molecule has 3 aromatic rings. The number of rotatable bonds is 4. The summed E-state index contributed by atoms with van der Waals surface area (Å²) in [7, 11) is -6.00. The minimum Gasteiger partial charge on any atom is -0.456 e. The average Bonchev–Trinajstić information content (AvgIpc) is 2.65. The molecular formula is C19H20BF4NO2. The predicted octanol–water partition coefficient (Wildman–Crippen LogP) is 4.97. The Kier molecular flexibility index (Phi) is 7.18. The van der Waals surface area contributed by atoms with Crippen molar-refractivity contribution in [2.45, 2.75) is 13.3 Å². The van der Waals surface area contributed by atoms with Crippen molar-refractivity contribution < 1.29 is 28.2 Å². The molecule has 0 amide bonds. The Labute approximate surface area is 155 Å². The molecule has 3 rings (SSSR count). The van der Waals surface area contributed by atoms with Crippen molar-refractivity contribution in [1.82, 2.24) is 0 Å². The molecular weight excluding hydrogens is 361 g/mol. The lowest BCUT2D eigenvalue weighted by Gasteiger charge is -2.06. The van der Waals surface area contributed by atoms with Gasteiger partial charge in [-0.1, -0.05) is 43.3 Å². The van der Waals surface area contributed by atoms with Gasteiger partial charge in [-0.05, 0) is 24.1 Å². The topological polar surface area (TPSA) is 45.7 Å². The average molecular weight is 381 g/mol. The molecule has 8 heteroatoms. The Balaban J connectivity index is 0.000000584. The van der Waals surface area contributed by atoms with E-state index in [1.165, 1.54) is 5.56 Å². The first kappa shape index (κ1) is 20.7. The van der Waals surface area contributed by atoms with Crippen LogP contribution in [0, 0.1) is 0 Å². The van der Waals surface area contributed by atoms with E-state index in [9.17, 15) is 17.3 Å². The molecule has 0 fully saturated rings. The standard InChI is InChI=1S/C19H19NO2.BF4/c1-2-14-8-9-18-16(12-14)17(20-10-11-21)13-19(22-18)15-6-4-3-5-7-15;2-1(3,4)5/h3-9,12-13,21H,2,10-11H2,1H3;/q;-1/p+1. The number of nitrogens with zero attached hydrogens (tertiary/aromatic N) is 1. The number of aryl methyl sites for hydroxylation is 1. The van der Waals surface area contributed by atoms with Crippen molar-refractivity contribution in [2.75, 3.05) is 13.2 Å². The van der Waals surface area contributed by atoms with Gasteiger partial charge in [-0.3, -0.25) is 4.99 Å². The fraction of sp³-hybridized carbons (Fsp3) is 0.211. The molecule has 0 aliphatic heterocycles. The molecule has 0 bridgehead atoms. The lowest BCUT2D eigenvalue weighted by atomic mass is 10.1. The lowest BCUT2D eigenvalue weighted by molar-refractivity contribution is 0.306. The molecule has 0 saturated carbocycles. The molecule has 27 heavy (non-hydrogen) atoms. The van der Waals surface area contributed by atoms with Crippen molar-refractivity contribution in [3.63, 3.8) is 0 Å². The third-order valence-electron chi connectivity index (χ3n) is 3.66. The number of halogens is 4. The summed E-state index contributed by atoms with van der Waals surface area (Å²) in [6.07, 6.45) is 0.968. The van der Waals surface area contributed by atoms with Crippen LogP contribution in [0.2, 0.25) is 0 Å². The number of hydrogen-bond acceptors (Lipinski definition) is 3. The van der Waals surface area contributed by atoms with Gasteiger partial charge in [0.25, 0.3) is 0 Å². The van der Waals surface area contributed by atoms with Gasteiger partial charge in [-0.25, -0.2) is 0 Å². The Bertz CT molecular complexity index is 940. The van der Waals surface area contributed by atoms with Crippen LogP contribution >= 0.6 is 0 Å². The first-order valence-electron chi connectivity index (χ1n) is 8.42. The minimum atomic E-state index is -6.00. The van der Waals surface area contributed by atoms with Crippen molar-refractivity contribution in [2.24, 2.45) is 4.99 Å². The molecule has 144 valence electrons. The third-order valence-corrected chi connectivity index (χ3v) is 3.66. The van der Waals surface area contributed by atoms with Crippen LogP contribution in [0.3, 0.4) is 0 Å². The van der Waals surface area contributed by atoms with Gasteiger partial charge in [-0.2, -0.15) is 0 Å². The second-order valence-corrected chi connectivity index (χ2v) is 5.65. The van der Waals surface area contributed by atoms with Crippen molar-refractivity contribution >= 4 is 18.2 Å². The van der Waals surface area contributed by atoms with Crippen LogP contribution in [0.15, 0.2) is 64.0 Å². The van der Waals surface area contributed by atoms with Crippen LogP contribution < -0.4 is 5.36 Å². The Morgan fingerprint density at radius 2 is 1.70 bits per heavy atom. The van der Waals surface area contributed by atoms with Gasteiger partial charge in [-0.15, -0.1) is 0 Å². The fourth-order valence-corrected chi connectivity index (χ4v) is 2.48. The maximum absolute atomic E-state index is 9.75. The highest BCUT2D eigenvalue weighted by Gasteiger charge is 2.20. The molecule has 0 atom stereocenters. The van der Waals surface area contributed by atoms with Crippen molar-refractivity contribution in [1.29, 1.82) is 0 Å². The zero-order chi connectivity index (χ0) is 19.9. The molecule has 3 nitrogen and oxygen atoms in total. The summed E-state index contributed by atoms with van der Waals surface area (Å²) in [5, 5.41) is 10.9. The first-order valence-corrected chi connectivity index (χ1v) is 8.42. The van der Waals surface area contributed by atoms with E-state index >= 15 is 0 Å². The Morgan fingerprint density at radius 1 is 1.04 bits per heavy atom. The molecule has 0 aliphatic carbocycles.